The molecule has 0 bridgehead atoms. The Hall–Kier alpha value is -2.29. The Morgan fingerprint density at radius 3 is 2.65 bits per heavy atom. The SMILES string of the molecule is Cc1ccn2c(-c3ccc(O)cc3)ncc2c1. The van der Waals surface area contributed by atoms with Gasteiger partial charge in [0.05, 0.1) is 11.7 Å². The van der Waals surface area contributed by atoms with Gasteiger partial charge in [-0.15, -0.1) is 0 Å². The van der Waals surface area contributed by atoms with E-state index in [1.807, 2.05) is 28.9 Å². The molecule has 84 valence electrons. The van der Waals surface area contributed by atoms with Gasteiger partial charge in [-0.1, -0.05) is 0 Å². The molecule has 3 heteroatoms. The summed E-state index contributed by atoms with van der Waals surface area (Å²) >= 11 is 0. The van der Waals surface area contributed by atoms with E-state index in [1.165, 1.54) is 5.56 Å². The van der Waals surface area contributed by atoms with Crippen molar-refractivity contribution in [2.45, 2.75) is 6.92 Å². The number of hydrogen-bond acceptors (Lipinski definition) is 2. The van der Waals surface area contributed by atoms with Crippen LogP contribution in [0.3, 0.4) is 0 Å². The van der Waals surface area contributed by atoms with E-state index in [9.17, 15) is 5.11 Å². The molecule has 3 rings (SSSR count). The van der Waals surface area contributed by atoms with Gasteiger partial charge in [-0.3, -0.25) is 4.40 Å². The molecule has 17 heavy (non-hydrogen) atoms. The van der Waals surface area contributed by atoms with Crippen LogP contribution in [0.25, 0.3) is 16.9 Å². The molecule has 0 atom stereocenters. The van der Waals surface area contributed by atoms with Crippen molar-refractivity contribution in [3.8, 4) is 17.1 Å². The number of aromatic hydroxyl groups is 1. The minimum absolute atomic E-state index is 0.269. The highest BCUT2D eigenvalue weighted by molar-refractivity contribution is 5.63. The van der Waals surface area contributed by atoms with Gasteiger partial charge in [0.25, 0.3) is 0 Å². The van der Waals surface area contributed by atoms with Crippen LogP contribution in [-0.4, -0.2) is 14.5 Å². The first kappa shape index (κ1) is 9.90. The summed E-state index contributed by atoms with van der Waals surface area (Å²) in [6, 6.07) is 11.2. The third-order valence-corrected chi connectivity index (χ3v) is 2.81. The Kier molecular flexibility index (Phi) is 2.11. The van der Waals surface area contributed by atoms with Crippen molar-refractivity contribution < 1.29 is 5.11 Å². The van der Waals surface area contributed by atoms with Crippen LogP contribution in [0.5, 0.6) is 5.75 Å². The van der Waals surface area contributed by atoms with E-state index >= 15 is 0 Å². The first-order chi connectivity index (χ1) is 8.24. The molecule has 0 unspecified atom stereocenters. The molecule has 0 aliphatic rings. The van der Waals surface area contributed by atoms with Crippen LogP contribution in [-0.2, 0) is 0 Å². The zero-order valence-corrected chi connectivity index (χ0v) is 9.46. The number of pyridine rings is 1. The smallest absolute Gasteiger partial charge is 0.144 e. The summed E-state index contributed by atoms with van der Waals surface area (Å²) in [6.07, 6.45) is 3.87. The van der Waals surface area contributed by atoms with Crippen LogP contribution in [0.15, 0.2) is 48.8 Å². The van der Waals surface area contributed by atoms with Gasteiger partial charge < -0.3 is 5.11 Å². The number of imidazole rings is 1. The summed E-state index contributed by atoms with van der Waals surface area (Å²) in [6.45, 7) is 2.06. The van der Waals surface area contributed by atoms with E-state index in [4.69, 9.17) is 0 Å². The topological polar surface area (TPSA) is 37.5 Å². The average Bonchev–Trinajstić information content (AvgIpc) is 2.73. The lowest BCUT2D eigenvalue weighted by Gasteiger charge is -2.02. The lowest BCUT2D eigenvalue weighted by Crippen LogP contribution is -1.89. The van der Waals surface area contributed by atoms with Gasteiger partial charge in [0.15, 0.2) is 0 Å². The summed E-state index contributed by atoms with van der Waals surface area (Å²) in [4.78, 5) is 4.42. The Labute approximate surface area is 99.0 Å². The van der Waals surface area contributed by atoms with Gasteiger partial charge in [-0.05, 0) is 48.9 Å². The molecule has 0 saturated heterocycles. The standard InChI is InChI=1S/C14H12N2O/c1-10-6-7-16-12(8-10)9-15-14(16)11-2-4-13(17)5-3-11/h2-9,17H,1H3. The van der Waals surface area contributed by atoms with Gasteiger partial charge in [0, 0.05) is 11.8 Å². The Bertz CT molecular complexity index is 668. The molecule has 0 aliphatic heterocycles. The van der Waals surface area contributed by atoms with Gasteiger partial charge in [-0.25, -0.2) is 4.98 Å². The van der Waals surface area contributed by atoms with Crippen LogP contribution in [0.2, 0.25) is 0 Å². The predicted octanol–water partition coefficient (Wildman–Crippen LogP) is 3.02. The Morgan fingerprint density at radius 1 is 1.12 bits per heavy atom. The van der Waals surface area contributed by atoms with Crippen molar-refractivity contribution >= 4 is 5.52 Å². The Balaban J connectivity index is 2.21. The molecule has 3 aromatic rings. The zero-order chi connectivity index (χ0) is 11.8. The van der Waals surface area contributed by atoms with E-state index in [0.717, 1.165) is 16.9 Å². The molecule has 0 aliphatic carbocycles. The summed E-state index contributed by atoms with van der Waals surface area (Å²) < 4.78 is 2.04. The molecular formula is C14H12N2O. The minimum atomic E-state index is 0.269. The summed E-state index contributed by atoms with van der Waals surface area (Å²) in [5, 5.41) is 9.28. The normalized spacial score (nSPS) is 10.9. The first-order valence-electron chi connectivity index (χ1n) is 5.47. The first-order valence-corrected chi connectivity index (χ1v) is 5.47. The fourth-order valence-electron chi connectivity index (χ4n) is 1.94. The number of rotatable bonds is 1. The second-order valence-electron chi connectivity index (χ2n) is 4.13. The summed E-state index contributed by atoms with van der Waals surface area (Å²) in [5.74, 6) is 1.16. The van der Waals surface area contributed by atoms with Gasteiger partial charge in [-0.2, -0.15) is 0 Å². The fourth-order valence-corrected chi connectivity index (χ4v) is 1.94. The quantitative estimate of drug-likeness (QED) is 0.690. The molecular weight excluding hydrogens is 212 g/mol. The van der Waals surface area contributed by atoms with Crippen molar-refractivity contribution in [2.24, 2.45) is 0 Å². The number of phenolic OH excluding ortho intramolecular Hbond substituents is 1. The molecule has 1 aromatic carbocycles. The van der Waals surface area contributed by atoms with Crippen molar-refractivity contribution in [3.05, 3.63) is 54.4 Å². The number of nitrogens with zero attached hydrogens (tertiary/aromatic N) is 2. The molecule has 0 spiro atoms. The van der Waals surface area contributed by atoms with Crippen molar-refractivity contribution in [1.29, 1.82) is 0 Å². The van der Waals surface area contributed by atoms with E-state index < -0.39 is 0 Å². The molecule has 0 saturated carbocycles. The minimum Gasteiger partial charge on any atom is -0.508 e. The maximum atomic E-state index is 9.28. The van der Waals surface area contributed by atoms with Crippen LogP contribution in [0.1, 0.15) is 5.56 Å². The largest absolute Gasteiger partial charge is 0.508 e. The Morgan fingerprint density at radius 2 is 1.88 bits per heavy atom. The van der Waals surface area contributed by atoms with Crippen molar-refractivity contribution in [3.63, 3.8) is 0 Å². The highest BCUT2D eigenvalue weighted by Gasteiger charge is 2.05. The monoisotopic (exact) mass is 224 g/mol. The summed E-state index contributed by atoms with van der Waals surface area (Å²) in [5.41, 5.74) is 3.29. The van der Waals surface area contributed by atoms with E-state index in [-0.39, 0.29) is 5.75 Å². The molecule has 1 N–H and O–H groups in total. The maximum absolute atomic E-state index is 9.28. The highest BCUT2D eigenvalue weighted by atomic mass is 16.3. The molecule has 0 amide bonds. The molecule has 0 radical (unpaired) electrons. The molecule has 2 heterocycles. The third kappa shape index (κ3) is 1.65. The predicted molar refractivity (Wildman–Crippen MR) is 67.0 cm³/mol. The molecule has 0 fully saturated rings. The second kappa shape index (κ2) is 3.63. The molecule has 3 nitrogen and oxygen atoms in total. The van der Waals surface area contributed by atoms with Crippen LogP contribution < -0.4 is 0 Å². The van der Waals surface area contributed by atoms with Crippen molar-refractivity contribution in [2.75, 3.05) is 0 Å². The lowest BCUT2D eigenvalue weighted by molar-refractivity contribution is 0.475. The third-order valence-electron chi connectivity index (χ3n) is 2.81. The number of hydrogen-bond donors (Lipinski definition) is 1. The maximum Gasteiger partial charge on any atom is 0.144 e. The average molecular weight is 224 g/mol. The van der Waals surface area contributed by atoms with E-state index in [1.54, 1.807) is 12.1 Å². The zero-order valence-electron chi connectivity index (χ0n) is 9.46. The van der Waals surface area contributed by atoms with E-state index in [0.29, 0.717) is 0 Å². The van der Waals surface area contributed by atoms with Crippen LogP contribution >= 0.6 is 0 Å². The lowest BCUT2D eigenvalue weighted by atomic mass is 10.2. The molecule has 2 aromatic heterocycles. The van der Waals surface area contributed by atoms with E-state index in [2.05, 4.69) is 24.0 Å². The van der Waals surface area contributed by atoms with Gasteiger partial charge in [0.2, 0.25) is 0 Å². The van der Waals surface area contributed by atoms with Crippen LogP contribution in [0, 0.1) is 6.92 Å². The second-order valence-corrected chi connectivity index (χ2v) is 4.13. The van der Waals surface area contributed by atoms with Gasteiger partial charge >= 0.3 is 0 Å². The fraction of sp³-hybridized carbons (Fsp3) is 0.0714. The number of aromatic nitrogens is 2. The number of fused-ring (bicyclic) bond motifs is 1. The van der Waals surface area contributed by atoms with Gasteiger partial charge in [0.1, 0.15) is 11.6 Å². The number of benzene rings is 1. The number of aryl methyl sites for hydroxylation is 1. The highest BCUT2D eigenvalue weighted by Crippen LogP contribution is 2.22. The van der Waals surface area contributed by atoms with Crippen LogP contribution in [0.4, 0.5) is 0 Å². The summed E-state index contributed by atoms with van der Waals surface area (Å²) in [7, 11) is 0. The number of phenols is 1. The van der Waals surface area contributed by atoms with Crippen molar-refractivity contribution in [1.82, 2.24) is 9.38 Å².